The van der Waals surface area contributed by atoms with Gasteiger partial charge in [0.15, 0.2) is 0 Å². The van der Waals surface area contributed by atoms with Gasteiger partial charge in [0.2, 0.25) is 0 Å². The van der Waals surface area contributed by atoms with E-state index in [4.69, 9.17) is 0 Å². The molecule has 0 aliphatic rings. The number of rotatable bonds is 0. The van der Waals surface area contributed by atoms with Crippen molar-refractivity contribution in [2.24, 2.45) is 0 Å². The van der Waals surface area contributed by atoms with Crippen LogP contribution in [-0.2, 0) is 5.11 Å². The minimum Gasteiger partial charge on any atom is -0.262 e. The normalized spacial score (nSPS) is 8.67. The monoisotopic (exact) mass is 85.0 g/mol. The zero-order valence-corrected chi connectivity index (χ0v) is 2.79. The van der Waals surface area contributed by atoms with Crippen molar-refractivity contribution in [3.63, 3.8) is 0 Å². The standard InChI is InChI=1S/C2HN2O2/c5-2-1-3-6-4-2/h1H. The van der Waals surface area contributed by atoms with Gasteiger partial charge in [0.1, 0.15) is 6.20 Å². The maximum absolute atomic E-state index is 9.80. The summed E-state index contributed by atoms with van der Waals surface area (Å²) in [6.45, 7) is 0. The molecule has 0 N–H and O–H groups in total. The molecule has 1 aromatic heterocycles. The molecular weight excluding hydrogens is 84.0 g/mol. The van der Waals surface area contributed by atoms with E-state index < -0.39 is 5.88 Å². The number of hydrogen-bond acceptors (Lipinski definition) is 3. The van der Waals surface area contributed by atoms with Crippen LogP contribution in [0, 0.1) is 0 Å². The topological polar surface area (TPSA) is 58.8 Å². The SMILES string of the molecule is [O]c1cnon1. The van der Waals surface area contributed by atoms with Gasteiger partial charge in [-0.1, -0.05) is 5.16 Å². The lowest BCUT2D eigenvalue weighted by molar-refractivity contribution is 0.261. The zero-order valence-electron chi connectivity index (χ0n) is 2.79. The van der Waals surface area contributed by atoms with E-state index in [0.29, 0.717) is 0 Å². The van der Waals surface area contributed by atoms with Crippen LogP contribution < -0.4 is 0 Å². The molecule has 0 aliphatic heterocycles. The van der Waals surface area contributed by atoms with Gasteiger partial charge in [-0.05, 0) is 5.16 Å². The quantitative estimate of drug-likeness (QED) is 0.452. The molecule has 0 aliphatic carbocycles. The van der Waals surface area contributed by atoms with Crippen molar-refractivity contribution in [3.8, 4) is 5.88 Å². The summed E-state index contributed by atoms with van der Waals surface area (Å²) in [6.07, 6.45) is 1.00. The van der Waals surface area contributed by atoms with Crippen molar-refractivity contribution in [1.82, 2.24) is 10.3 Å². The van der Waals surface area contributed by atoms with Crippen molar-refractivity contribution < 1.29 is 9.74 Å². The highest BCUT2D eigenvalue weighted by Gasteiger charge is 1.87. The predicted molar refractivity (Wildman–Crippen MR) is 14.4 cm³/mol. The van der Waals surface area contributed by atoms with E-state index in [0.717, 1.165) is 6.20 Å². The first-order valence-electron chi connectivity index (χ1n) is 1.34. The zero-order chi connectivity index (χ0) is 4.41. The molecule has 0 amide bonds. The summed E-state index contributed by atoms with van der Waals surface area (Å²) in [5.74, 6) is -0.435. The largest absolute Gasteiger partial charge is 0.329 e. The Labute approximate surface area is 33.4 Å². The molecule has 0 unspecified atom stereocenters. The maximum Gasteiger partial charge on any atom is 0.329 e. The van der Waals surface area contributed by atoms with E-state index in [9.17, 15) is 5.11 Å². The van der Waals surface area contributed by atoms with Crippen LogP contribution in [0.3, 0.4) is 0 Å². The van der Waals surface area contributed by atoms with Gasteiger partial charge in [-0.3, -0.25) is 5.11 Å². The van der Waals surface area contributed by atoms with E-state index in [1.165, 1.54) is 0 Å². The van der Waals surface area contributed by atoms with Crippen LogP contribution >= 0.6 is 0 Å². The van der Waals surface area contributed by atoms with E-state index >= 15 is 0 Å². The highest BCUT2D eigenvalue weighted by molar-refractivity contribution is 4.90. The predicted octanol–water partition coefficient (Wildman–Crippen LogP) is 0.213. The summed E-state index contributed by atoms with van der Waals surface area (Å²) in [6, 6.07) is 0. The summed E-state index contributed by atoms with van der Waals surface area (Å²) in [5, 5.41) is 15.7. The van der Waals surface area contributed by atoms with E-state index in [-0.39, 0.29) is 0 Å². The molecule has 1 radical (unpaired) electrons. The fourth-order valence-electron chi connectivity index (χ4n) is 0.156. The maximum atomic E-state index is 9.80. The van der Waals surface area contributed by atoms with Crippen LogP contribution in [0.25, 0.3) is 0 Å². The Morgan fingerprint density at radius 1 is 1.83 bits per heavy atom. The minimum atomic E-state index is -0.435. The van der Waals surface area contributed by atoms with Gasteiger partial charge in [0.05, 0.1) is 0 Å². The smallest absolute Gasteiger partial charge is 0.262 e. The van der Waals surface area contributed by atoms with E-state index in [1.54, 1.807) is 0 Å². The van der Waals surface area contributed by atoms with Gasteiger partial charge >= 0.3 is 5.88 Å². The second-order valence-electron chi connectivity index (χ2n) is 0.746. The Hall–Kier alpha value is -1.06. The summed E-state index contributed by atoms with van der Waals surface area (Å²) >= 11 is 0. The average molecular weight is 85.0 g/mol. The van der Waals surface area contributed by atoms with Crippen LogP contribution in [0.5, 0.6) is 5.88 Å². The van der Waals surface area contributed by atoms with Gasteiger partial charge in [0.25, 0.3) is 0 Å². The average Bonchev–Trinajstić information content (AvgIpc) is 1.86. The summed E-state index contributed by atoms with van der Waals surface area (Å²) < 4.78 is 3.90. The number of aromatic nitrogens is 2. The first-order chi connectivity index (χ1) is 2.89. The molecule has 0 bridgehead atoms. The first kappa shape index (κ1) is 3.14. The summed E-state index contributed by atoms with van der Waals surface area (Å²) in [5.41, 5.74) is 0. The first-order valence-corrected chi connectivity index (χ1v) is 1.34. The molecule has 0 aromatic carbocycles. The van der Waals surface area contributed by atoms with Gasteiger partial charge in [-0.15, -0.1) is 0 Å². The highest BCUT2D eigenvalue weighted by Crippen LogP contribution is 1.95. The fourth-order valence-corrected chi connectivity index (χ4v) is 0.156. The lowest BCUT2D eigenvalue weighted by Gasteiger charge is -1.53. The summed E-state index contributed by atoms with van der Waals surface area (Å²) in [7, 11) is 0. The molecule has 1 aromatic rings. The van der Waals surface area contributed by atoms with Crippen LogP contribution in [0.1, 0.15) is 0 Å². The Morgan fingerprint density at radius 2 is 2.67 bits per heavy atom. The van der Waals surface area contributed by atoms with Crippen LogP contribution in [-0.4, -0.2) is 10.3 Å². The molecular formula is C2HN2O2. The molecule has 4 nitrogen and oxygen atoms in total. The third kappa shape index (κ3) is 0.314. The molecule has 4 heteroatoms. The minimum absolute atomic E-state index is 0.435. The van der Waals surface area contributed by atoms with Crippen molar-refractivity contribution in [1.29, 1.82) is 0 Å². The van der Waals surface area contributed by atoms with Crippen molar-refractivity contribution in [2.45, 2.75) is 0 Å². The van der Waals surface area contributed by atoms with Gasteiger partial charge in [-0.2, -0.15) is 0 Å². The second kappa shape index (κ2) is 0.965. The van der Waals surface area contributed by atoms with Crippen molar-refractivity contribution in [3.05, 3.63) is 6.20 Å². The number of hydrogen-bond donors (Lipinski definition) is 0. The molecule has 1 heterocycles. The Balaban J connectivity index is 3.05. The lowest BCUT2D eigenvalue weighted by Crippen LogP contribution is -1.48. The molecule has 0 saturated heterocycles. The van der Waals surface area contributed by atoms with Gasteiger partial charge in [-0.25, -0.2) is 4.63 Å². The Kier molecular flexibility index (Phi) is 0.506. The molecule has 6 heavy (non-hydrogen) atoms. The fraction of sp³-hybridized carbons (Fsp3) is 0. The highest BCUT2D eigenvalue weighted by atomic mass is 16.6. The molecule has 31 valence electrons. The lowest BCUT2D eigenvalue weighted by atomic mass is 10.9. The van der Waals surface area contributed by atoms with Crippen LogP contribution in [0.15, 0.2) is 10.8 Å². The van der Waals surface area contributed by atoms with Gasteiger partial charge < -0.3 is 0 Å². The Morgan fingerprint density at radius 3 is 2.83 bits per heavy atom. The van der Waals surface area contributed by atoms with Gasteiger partial charge in [0, 0.05) is 0 Å². The third-order valence-electron chi connectivity index (χ3n) is 0.341. The molecule has 0 atom stereocenters. The molecule has 0 spiro atoms. The van der Waals surface area contributed by atoms with Crippen LogP contribution in [0.2, 0.25) is 0 Å². The van der Waals surface area contributed by atoms with Crippen LogP contribution in [0.4, 0.5) is 0 Å². The van der Waals surface area contributed by atoms with E-state index in [2.05, 4.69) is 14.9 Å². The van der Waals surface area contributed by atoms with Crippen molar-refractivity contribution in [2.75, 3.05) is 0 Å². The summed E-state index contributed by atoms with van der Waals surface area (Å²) in [4.78, 5) is 0. The third-order valence-corrected chi connectivity index (χ3v) is 0.341. The molecule has 1 rings (SSSR count). The molecule has 0 fully saturated rings. The Bertz CT molecular complexity index is 113. The number of nitrogens with zero attached hydrogens (tertiary/aromatic N) is 2. The molecule has 0 saturated carbocycles. The second-order valence-corrected chi connectivity index (χ2v) is 0.746. The van der Waals surface area contributed by atoms with E-state index in [1.807, 2.05) is 0 Å². The van der Waals surface area contributed by atoms with Crippen molar-refractivity contribution >= 4 is 0 Å².